The highest BCUT2D eigenvalue weighted by atomic mass is 16.5. The van der Waals surface area contributed by atoms with Gasteiger partial charge in [-0.05, 0) is 31.4 Å². The van der Waals surface area contributed by atoms with Crippen LogP contribution in [-0.2, 0) is 4.74 Å². The first-order chi connectivity index (χ1) is 7.29. The molecular formula is C13H19NO. The molecule has 0 amide bonds. The van der Waals surface area contributed by atoms with Gasteiger partial charge in [0.25, 0.3) is 0 Å². The number of nitrogens with two attached hydrogens (primary N) is 1. The van der Waals surface area contributed by atoms with Crippen molar-refractivity contribution >= 4 is 0 Å². The first-order valence-electron chi connectivity index (χ1n) is 5.64. The molecule has 0 aromatic heterocycles. The second-order valence-electron chi connectivity index (χ2n) is 4.48. The Hall–Kier alpha value is -0.860. The summed E-state index contributed by atoms with van der Waals surface area (Å²) in [5, 5.41) is 0. The van der Waals surface area contributed by atoms with Gasteiger partial charge in [0.15, 0.2) is 0 Å². The van der Waals surface area contributed by atoms with Gasteiger partial charge in [-0.25, -0.2) is 0 Å². The van der Waals surface area contributed by atoms with Crippen LogP contribution in [0.2, 0.25) is 0 Å². The van der Waals surface area contributed by atoms with E-state index in [0.29, 0.717) is 5.92 Å². The lowest BCUT2D eigenvalue weighted by molar-refractivity contribution is -0.0382. The molecule has 15 heavy (non-hydrogen) atoms. The molecule has 0 aliphatic carbocycles. The third-order valence-electron chi connectivity index (χ3n) is 3.16. The van der Waals surface area contributed by atoms with Gasteiger partial charge in [0, 0.05) is 5.92 Å². The standard InChI is InChI=1S/C13H19NO/c1-10-2-4-12(5-3-10)13(7-14)6-11-8-15-9-11/h2-5,11,13H,6-9,14H2,1H3. The first kappa shape index (κ1) is 10.7. The highest BCUT2D eigenvalue weighted by molar-refractivity contribution is 5.24. The number of ether oxygens (including phenoxy) is 1. The molecule has 2 rings (SSSR count). The van der Waals surface area contributed by atoms with E-state index in [1.54, 1.807) is 0 Å². The summed E-state index contributed by atoms with van der Waals surface area (Å²) in [4.78, 5) is 0. The number of benzene rings is 1. The van der Waals surface area contributed by atoms with E-state index < -0.39 is 0 Å². The summed E-state index contributed by atoms with van der Waals surface area (Å²) in [6, 6.07) is 8.73. The minimum Gasteiger partial charge on any atom is -0.381 e. The van der Waals surface area contributed by atoms with Crippen LogP contribution in [0.3, 0.4) is 0 Å². The van der Waals surface area contributed by atoms with Gasteiger partial charge in [-0.2, -0.15) is 0 Å². The molecule has 1 fully saturated rings. The molecule has 2 nitrogen and oxygen atoms in total. The number of aryl methyl sites for hydroxylation is 1. The van der Waals surface area contributed by atoms with Crippen molar-refractivity contribution in [2.24, 2.45) is 11.7 Å². The fourth-order valence-corrected chi connectivity index (χ4v) is 2.03. The lowest BCUT2D eigenvalue weighted by atomic mass is 9.87. The van der Waals surface area contributed by atoms with E-state index >= 15 is 0 Å². The average Bonchev–Trinajstić information content (AvgIpc) is 2.19. The normalized spacial score (nSPS) is 18.5. The van der Waals surface area contributed by atoms with Crippen LogP contribution >= 0.6 is 0 Å². The van der Waals surface area contributed by atoms with Crippen molar-refractivity contribution in [3.8, 4) is 0 Å². The topological polar surface area (TPSA) is 35.2 Å². The smallest absolute Gasteiger partial charge is 0.0516 e. The molecule has 0 bridgehead atoms. The molecule has 1 saturated heterocycles. The molecule has 1 aliphatic heterocycles. The van der Waals surface area contributed by atoms with E-state index in [1.165, 1.54) is 17.5 Å². The van der Waals surface area contributed by atoms with Gasteiger partial charge in [0.2, 0.25) is 0 Å². The highest BCUT2D eigenvalue weighted by Gasteiger charge is 2.23. The molecule has 1 aliphatic rings. The van der Waals surface area contributed by atoms with Crippen LogP contribution in [-0.4, -0.2) is 19.8 Å². The third kappa shape index (κ3) is 2.58. The number of hydrogen-bond acceptors (Lipinski definition) is 2. The summed E-state index contributed by atoms with van der Waals surface area (Å²) in [7, 11) is 0. The van der Waals surface area contributed by atoms with Gasteiger partial charge in [0.1, 0.15) is 0 Å². The molecule has 2 heteroatoms. The maximum atomic E-state index is 5.83. The Morgan fingerprint density at radius 2 is 2.00 bits per heavy atom. The second-order valence-corrected chi connectivity index (χ2v) is 4.48. The summed E-state index contributed by atoms with van der Waals surface area (Å²) >= 11 is 0. The zero-order valence-corrected chi connectivity index (χ0v) is 9.28. The van der Waals surface area contributed by atoms with E-state index in [1.807, 2.05) is 0 Å². The van der Waals surface area contributed by atoms with Gasteiger partial charge in [-0.3, -0.25) is 0 Å². The predicted molar refractivity (Wildman–Crippen MR) is 61.9 cm³/mol. The van der Waals surface area contributed by atoms with Crippen LogP contribution in [0.5, 0.6) is 0 Å². The summed E-state index contributed by atoms with van der Waals surface area (Å²) in [6.45, 7) is 4.69. The Morgan fingerprint density at radius 3 is 2.47 bits per heavy atom. The Labute approximate surface area is 91.4 Å². The molecule has 0 spiro atoms. The van der Waals surface area contributed by atoms with Gasteiger partial charge < -0.3 is 10.5 Å². The molecule has 1 aromatic carbocycles. The molecule has 1 unspecified atom stereocenters. The van der Waals surface area contributed by atoms with Crippen molar-refractivity contribution in [3.63, 3.8) is 0 Å². The van der Waals surface area contributed by atoms with E-state index in [0.717, 1.165) is 25.7 Å². The Morgan fingerprint density at radius 1 is 1.33 bits per heavy atom. The SMILES string of the molecule is Cc1ccc(C(CN)CC2COC2)cc1. The fourth-order valence-electron chi connectivity index (χ4n) is 2.03. The molecule has 82 valence electrons. The molecule has 0 radical (unpaired) electrons. The summed E-state index contributed by atoms with van der Waals surface area (Å²) in [5.41, 5.74) is 8.51. The highest BCUT2D eigenvalue weighted by Crippen LogP contribution is 2.27. The Balaban J connectivity index is 2.01. The van der Waals surface area contributed by atoms with Crippen molar-refractivity contribution < 1.29 is 4.74 Å². The van der Waals surface area contributed by atoms with Crippen molar-refractivity contribution in [2.45, 2.75) is 19.3 Å². The Kier molecular flexibility index (Phi) is 3.39. The van der Waals surface area contributed by atoms with Gasteiger partial charge in [-0.1, -0.05) is 29.8 Å². The van der Waals surface area contributed by atoms with Crippen LogP contribution < -0.4 is 5.73 Å². The lowest BCUT2D eigenvalue weighted by Gasteiger charge is -2.29. The van der Waals surface area contributed by atoms with Crippen molar-refractivity contribution in [1.29, 1.82) is 0 Å². The molecule has 1 aromatic rings. The largest absolute Gasteiger partial charge is 0.381 e. The van der Waals surface area contributed by atoms with Gasteiger partial charge in [-0.15, -0.1) is 0 Å². The zero-order chi connectivity index (χ0) is 10.7. The van der Waals surface area contributed by atoms with Crippen LogP contribution in [0.15, 0.2) is 24.3 Å². The van der Waals surface area contributed by atoms with E-state index in [-0.39, 0.29) is 0 Å². The minimum atomic E-state index is 0.500. The van der Waals surface area contributed by atoms with Crippen LogP contribution in [0.4, 0.5) is 0 Å². The minimum absolute atomic E-state index is 0.500. The molecule has 2 N–H and O–H groups in total. The summed E-state index contributed by atoms with van der Waals surface area (Å²) in [6.07, 6.45) is 1.17. The van der Waals surface area contributed by atoms with E-state index in [4.69, 9.17) is 10.5 Å². The lowest BCUT2D eigenvalue weighted by Crippen LogP contribution is -2.30. The number of hydrogen-bond donors (Lipinski definition) is 1. The fraction of sp³-hybridized carbons (Fsp3) is 0.538. The van der Waals surface area contributed by atoms with Crippen molar-refractivity contribution in [1.82, 2.24) is 0 Å². The third-order valence-corrected chi connectivity index (χ3v) is 3.16. The van der Waals surface area contributed by atoms with Gasteiger partial charge in [0.05, 0.1) is 13.2 Å². The molecule has 0 saturated carbocycles. The van der Waals surface area contributed by atoms with Crippen LogP contribution in [0.1, 0.15) is 23.5 Å². The van der Waals surface area contributed by atoms with Gasteiger partial charge >= 0.3 is 0 Å². The molecular weight excluding hydrogens is 186 g/mol. The van der Waals surface area contributed by atoms with Crippen molar-refractivity contribution in [2.75, 3.05) is 19.8 Å². The summed E-state index contributed by atoms with van der Waals surface area (Å²) < 4.78 is 5.19. The maximum absolute atomic E-state index is 5.83. The quantitative estimate of drug-likeness (QED) is 0.816. The van der Waals surface area contributed by atoms with Crippen LogP contribution in [0.25, 0.3) is 0 Å². The average molecular weight is 205 g/mol. The van der Waals surface area contributed by atoms with Crippen LogP contribution in [0, 0.1) is 12.8 Å². The predicted octanol–water partition coefficient (Wildman–Crippen LogP) is 2.07. The summed E-state index contributed by atoms with van der Waals surface area (Å²) in [5.74, 6) is 1.22. The van der Waals surface area contributed by atoms with Crippen molar-refractivity contribution in [3.05, 3.63) is 35.4 Å². The zero-order valence-electron chi connectivity index (χ0n) is 9.28. The maximum Gasteiger partial charge on any atom is 0.0516 e. The molecule has 1 heterocycles. The Bertz CT molecular complexity index is 303. The number of rotatable bonds is 4. The first-order valence-corrected chi connectivity index (χ1v) is 5.64. The monoisotopic (exact) mass is 205 g/mol. The van der Waals surface area contributed by atoms with E-state index in [2.05, 4.69) is 31.2 Å². The second kappa shape index (κ2) is 4.77. The molecule has 1 atom stereocenters. The van der Waals surface area contributed by atoms with E-state index in [9.17, 15) is 0 Å².